The Morgan fingerprint density at radius 1 is 1.07 bits per heavy atom. The van der Waals surface area contributed by atoms with Crippen molar-refractivity contribution in [3.63, 3.8) is 0 Å². The van der Waals surface area contributed by atoms with Crippen LogP contribution in [-0.2, 0) is 9.09 Å². The van der Waals surface area contributed by atoms with Gasteiger partial charge in [0.1, 0.15) is 0 Å². The number of phosphoric acid groups is 1. The van der Waals surface area contributed by atoms with Crippen molar-refractivity contribution in [2.24, 2.45) is 5.41 Å². The standard InChI is InChI=1S/C5H13O7P.2Na/c6-1-5(2-7,3-8)4-12-13(9,10)11;;/h6-8H,1-4H2,(H2,9,10,11);;/q;2*+1/p-2. The van der Waals surface area contributed by atoms with Crippen molar-refractivity contribution >= 4 is 7.82 Å². The van der Waals surface area contributed by atoms with Crippen LogP contribution in [-0.4, -0.2) is 41.7 Å². The summed E-state index contributed by atoms with van der Waals surface area (Å²) in [6.07, 6.45) is 0. The van der Waals surface area contributed by atoms with E-state index in [1.807, 2.05) is 0 Å². The fraction of sp³-hybridized carbons (Fsp3) is 1.00. The maximum Gasteiger partial charge on any atom is 1.00 e. The second kappa shape index (κ2) is 9.96. The summed E-state index contributed by atoms with van der Waals surface area (Å²) in [6, 6.07) is 0. The van der Waals surface area contributed by atoms with Gasteiger partial charge in [0, 0.05) is 0 Å². The summed E-state index contributed by atoms with van der Waals surface area (Å²) in [7, 11) is -5.14. The predicted octanol–water partition coefficient (Wildman–Crippen LogP) is -9.20. The molecule has 0 heterocycles. The van der Waals surface area contributed by atoms with E-state index in [0.29, 0.717) is 0 Å². The van der Waals surface area contributed by atoms with Crippen LogP contribution in [0.1, 0.15) is 0 Å². The van der Waals surface area contributed by atoms with Gasteiger partial charge in [-0.3, -0.25) is 0 Å². The molecule has 0 aromatic rings. The van der Waals surface area contributed by atoms with Crippen LogP contribution >= 0.6 is 7.82 Å². The molecule has 0 saturated carbocycles. The first-order valence-electron chi connectivity index (χ1n) is 3.38. The smallest absolute Gasteiger partial charge is 0.790 e. The van der Waals surface area contributed by atoms with E-state index in [1.165, 1.54) is 0 Å². The van der Waals surface area contributed by atoms with E-state index in [4.69, 9.17) is 15.3 Å². The topological polar surface area (TPSA) is 133 Å². The van der Waals surface area contributed by atoms with Gasteiger partial charge in [-0.2, -0.15) is 0 Å². The van der Waals surface area contributed by atoms with E-state index in [2.05, 4.69) is 4.52 Å². The van der Waals surface area contributed by atoms with Crippen molar-refractivity contribution in [1.29, 1.82) is 0 Å². The molecule has 0 unspecified atom stereocenters. The van der Waals surface area contributed by atoms with E-state index in [1.54, 1.807) is 0 Å². The summed E-state index contributed by atoms with van der Waals surface area (Å²) in [5.74, 6) is 0. The molecule has 80 valence electrons. The van der Waals surface area contributed by atoms with Crippen LogP contribution in [0.3, 0.4) is 0 Å². The molecule has 0 spiro atoms. The molecule has 0 aromatic heterocycles. The summed E-state index contributed by atoms with van der Waals surface area (Å²) in [5.41, 5.74) is -1.50. The molecule has 0 aliphatic carbocycles. The summed E-state index contributed by atoms with van der Waals surface area (Å²) in [5, 5.41) is 26.0. The summed E-state index contributed by atoms with van der Waals surface area (Å²) >= 11 is 0. The Bertz CT molecular complexity index is 184. The van der Waals surface area contributed by atoms with Gasteiger partial charge in [0.05, 0.1) is 39.7 Å². The Kier molecular flexibility index (Phi) is 14.7. The van der Waals surface area contributed by atoms with Gasteiger partial charge in [-0.1, -0.05) is 0 Å². The number of aliphatic hydroxyl groups excluding tert-OH is 3. The average Bonchev–Trinajstić information content (AvgIpc) is 2.06. The minimum absolute atomic E-state index is 0. The summed E-state index contributed by atoms with van der Waals surface area (Å²) in [6.45, 7) is -2.78. The molecule has 15 heavy (non-hydrogen) atoms. The molecule has 0 atom stereocenters. The third-order valence-corrected chi connectivity index (χ3v) is 1.98. The minimum Gasteiger partial charge on any atom is -0.790 e. The normalized spacial score (nSPS) is 11.5. The Morgan fingerprint density at radius 3 is 1.60 bits per heavy atom. The van der Waals surface area contributed by atoms with Crippen molar-refractivity contribution in [2.45, 2.75) is 0 Å². The molecule has 0 bridgehead atoms. The molecule has 0 saturated heterocycles. The van der Waals surface area contributed by atoms with Gasteiger partial charge in [0.15, 0.2) is 0 Å². The number of phosphoric ester groups is 1. The molecule has 0 aliphatic rings. The largest absolute Gasteiger partial charge is 1.00 e. The zero-order valence-electron chi connectivity index (χ0n) is 8.75. The van der Waals surface area contributed by atoms with Crippen molar-refractivity contribution in [3.05, 3.63) is 0 Å². The quantitative estimate of drug-likeness (QED) is 0.319. The van der Waals surface area contributed by atoms with Gasteiger partial charge < -0.3 is 34.2 Å². The van der Waals surface area contributed by atoms with Gasteiger partial charge in [-0.25, -0.2) is 0 Å². The molecule has 0 rings (SSSR count). The van der Waals surface area contributed by atoms with Gasteiger partial charge in [-0.15, -0.1) is 0 Å². The fourth-order valence-electron chi connectivity index (χ4n) is 0.503. The van der Waals surface area contributed by atoms with Crippen LogP contribution in [0.5, 0.6) is 0 Å². The first-order chi connectivity index (χ1) is 5.89. The zero-order valence-corrected chi connectivity index (χ0v) is 13.6. The van der Waals surface area contributed by atoms with Crippen LogP contribution in [0.25, 0.3) is 0 Å². The summed E-state index contributed by atoms with van der Waals surface area (Å²) in [4.78, 5) is 20.1. The monoisotopic (exact) mass is 260 g/mol. The molecule has 0 fully saturated rings. The Hall–Kier alpha value is 1.99. The van der Waals surface area contributed by atoms with Gasteiger partial charge >= 0.3 is 59.1 Å². The van der Waals surface area contributed by atoms with Gasteiger partial charge in [0.25, 0.3) is 0 Å². The van der Waals surface area contributed by atoms with Crippen LogP contribution in [0.15, 0.2) is 0 Å². The molecule has 0 radical (unpaired) electrons. The molecule has 0 amide bonds. The van der Waals surface area contributed by atoms with Crippen LogP contribution in [0.2, 0.25) is 0 Å². The van der Waals surface area contributed by atoms with Gasteiger partial charge in [-0.05, 0) is 0 Å². The van der Waals surface area contributed by atoms with Crippen LogP contribution in [0, 0.1) is 5.41 Å². The van der Waals surface area contributed by atoms with E-state index in [9.17, 15) is 14.4 Å². The second-order valence-electron chi connectivity index (χ2n) is 2.69. The van der Waals surface area contributed by atoms with E-state index < -0.39 is 39.7 Å². The maximum absolute atomic E-state index is 10.0. The number of hydrogen-bond acceptors (Lipinski definition) is 7. The number of rotatable bonds is 6. The molecular formula is C5H11Na2O7P. The molecular weight excluding hydrogens is 249 g/mol. The average molecular weight is 260 g/mol. The SMILES string of the molecule is O=P([O-])([O-])OCC(CO)(CO)CO.[Na+].[Na+]. The third kappa shape index (κ3) is 9.67. The zero-order chi connectivity index (χ0) is 10.5. The van der Waals surface area contributed by atoms with Gasteiger partial charge in [0.2, 0.25) is 0 Å². The van der Waals surface area contributed by atoms with E-state index in [0.717, 1.165) is 0 Å². The number of hydrogen-bond donors (Lipinski definition) is 3. The van der Waals surface area contributed by atoms with E-state index >= 15 is 0 Å². The van der Waals surface area contributed by atoms with Crippen molar-refractivity contribution in [1.82, 2.24) is 0 Å². The molecule has 7 nitrogen and oxygen atoms in total. The van der Waals surface area contributed by atoms with E-state index in [-0.39, 0.29) is 59.1 Å². The van der Waals surface area contributed by atoms with Crippen molar-refractivity contribution in [3.8, 4) is 0 Å². The van der Waals surface area contributed by atoms with Crippen molar-refractivity contribution in [2.75, 3.05) is 26.4 Å². The van der Waals surface area contributed by atoms with Crippen LogP contribution < -0.4 is 68.9 Å². The first kappa shape index (κ1) is 22.2. The summed E-state index contributed by atoms with van der Waals surface area (Å²) < 4.78 is 13.9. The molecule has 3 N–H and O–H groups in total. The minimum atomic E-state index is -5.14. The molecule has 10 heteroatoms. The third-order valence-electron chi connectivity index (χ3n) is 1.54. The van der Waals surface area contributed by atoms with Crippen molar-refractivity contribution < 1.29 is 93.3 Å². The Balaban J connectivity index is -0.000000720. The predicted molar refractivity (Wildman–Crippen MR) is 37.2 cm³/mol. The fourth-order valence-corrected chi connectivity index (χ4v) is 0.935. The Morgan fingerprint density at radius 2 is 1.40 bits per heavy atom. The van der Waals surface area contributed by atoms with Crippen LogP contribution in [0.4, 0.5) is 0 Å². The first-order valence-corrected chi connectivity index (χ1v) is 4.84. The Labute approximate surface area is 132 Å². The maximum atomic E-state index is 10.0. The number of aliphatic hydroxyl groups is 3. The molecule has 0 aromatic carbocycles. The molecule has 0 aliphatic heterocycles. The second-order valence-corrected chi connectivity index (χ2v) is 3.85.